The predicted molar refractivity (Wildman–Crippen MR) is 72.6 cm³/mol. The third-order valence-corrected chi connectivity index (χ3v) is 2.94. The molecule has 0 aliphatic carbocycles. The molecule has 2 rings (SSSR count). The van der Waals surface area contributed by atoms with Crippen LogP contribution in [0.3, 0.4) is 0 Å². The minimum atomic E-state index is 0.218. The second-order valence-electron chi connectivity index (χ2n) is 4.07. The number of amides is 1. The Bertz CT molecular complexity index is 351. The van der Waals surface area contributed by atoms with Gasteiger partial charge in [0.25, 0.3) is 0 Å². The van der Waals surface area contributed by atoms with Gasteiger partial charge in [-0.15, -0.1) is 0 Å². The van der Waals surface area contributed by atoms with Crippen molar-refractivity contribution in [2.75, 3.05) is 19.6 Å². The fourth-order valence-corrected chi connectivity index (χ4v) is 2.01. The zero-order valence-corrected chi connectivity index (χ0v) is 11.1. The van der Waals surface area contributed by atoms with Crippen LogP contribution in [0.25, 0.3) is 0 Å². The van der Waals surface area contributed by atoms with Gasteiger partial charge in [-0.25, -0.2) is 0 Å². The summed E-state index contributed by atoms with van der Waals surface area (Å²) >= 11 is 0. The topological polar surface area (TPSA) is 52.6 Å². The molecule has 1 aliphatic heterocycles. The first kappa shape index (κ1) is 14.5. The van der Waals surface area contributed by atoms with E-state index in [0.717, 1.165) is 38.0 Å². The summed E-state index contributed by atoms with van der Waals surface area (Å²) in [4.78, 5) is 12.7. The summed E-state index contributed by atoms with van der Waals surface area (Å²) in [5.74, 6) is 0.276. The number of rotatable bonds is 3. The molecule has 0 saturated carbocycles. The molecule has 18 heavy (non-hydrogen) atoms. The Balaban J connectivity index is 0.000000771. The molecule has 0 spiro atoms. The van der Waals surface area contributed by atoms with Gasteiger partial charge in [-0.2, -0.15) is 0 Å². The summed E-state index contributed by atoms with van der Waals surface area (Å²) in [5.41, 5.74) is 1.14. The number of aromatic hydroxyl groups is 1. The quantitative estimate of drug-likeness (QED) is 0.797. The number of hydrogen-bond donors (Lipinski definition) is 2. The van der Waals surface area contributed by atoms with E-state index in [1.807, 2.05) is 30.9 Å². The van der Waals surface area contributed by atoms with E-state index in [9.17, 15) is 9.90 Å². The van der Waals surface area contributed by atoms with Crippen molar-refractivity contribution in [3.63, 3.8) is 0 Å². The first-order valence-corrected chi connectivity index (χ1v) is 6.49. The summed E-state index contributed by atoms with van der Waals surface area (Å²) in [5, 5.41) is 12.5. The molecule has 1 aromatic carbocycles. The van der Waals surface area contributed by atoms with Crippen LogP contribution in [0.4, 0.5) is 0 Å². The van der Waals surface area contributed by atoms with Crippen molar-refractivity contribution in [3.05, 3.63) is 29.8 Å². The molecule has 1 heterocycles. The van der Waals surface area contributed by atoms with E-state index in [0.29, 0.717) is 0 Å². The maximum atomic E-state index is 10.9. The Morgan fingerprint density at radius 1 is 1.39 bits per heavy atom. The molecule has 1 saturated heterocycles. The van der Waals surface area contributed by atoms with Crippen LogP contribution in [0.15, 0.2) is 24.3 Å². The lowest BCUT2D eigenvalue weighted by Crippen LogP contribution is -2.51. The number of hydrogen-bond acceptors (Lipinski definition) is 3. The third kappa shape index (κ3) is 4.04. The molecule has 1 aliphatic rings. The molecule has 4 nitrogen and oxygen atoms in total. The van der Waals surface area contributed by atoms with Crippen LogP contribution in [-0.4, -0.2) is 42.1 Å². The van der Waals surface area contributed by atoms with Gasteiger partial charge < -0.3 is 15.3 Å². The van der Waals surface area contributed by atoms with Gasteiger partial charge in [0.15, 0.2) is 0 Å². The van der Waals surface area contributed by atoms with Crippen LogP contribution in [0.2, 0.25) is 0 Å². The highest BCUT2D eigenvalue weighted by Crippen LogP contribution is 2.13. The van der Waals surface area contributed by atoms with Gasteiger partial charge in [0.1, 0.15) is 5.75 Å². The third-order valence-electron chi connectivity index (χ3n) is 2.94. The van der Waals surface area contributed by atoms with Crippen molar-refractivity contribution in [2.24, 2.45) is 0 Å². The number of nitrogens with zero attached hydrogens (tertiary/aromatic N) is 1. The zero-order chi connectivity index (χ0) is 13.4. The fourth-order valence-electron chi connectivity index (χ4n) is 2.01. The molecule has 4 heteroatoms. The summed E-state index contributed by atoms with van der Waals surface area (Å²) in [6, 6.07) is 7.36. The molecular formula is C14H22N2O2. The normalized spacial score (nSPS) is 18.8. The second kappa shape index (κ2) is 7.71. The summed E-state index contributed by atoms with van der Waals surface area (Å²) < 4.78 is 0. The lowest BCUT2D eigenvalue weighted by molar-refractivity contribution is -0.120. The fraction of sp³-hybridized carbons (Fsp3) is 0.500. The molecule has 0 aromatic heterocycles. The average molecular weight is 250 g/mol. The van der Waals surface area contributed by atoms with Gasteiger partial charge in [0.2, 0.25) is 6.41 Å². The first-order valence-electron chi connectivity index (χ1n) is 6.49. The predicted octanol–water partition coefficient (Wildman–Crippen LogP) is 1.39. The van der Waals surface area contributed by atoms with E-state index in [1.165, 1.54) is 0 Å². The van der Waals surface area contributed by atoms with Crippen LogP contribution in [-0.2, 0) is 11.2 Å². The highest BCUT2D eigenvalue weighted by Gasteiger charge is 2.20. The lowest BCUT2D eigenvalue weighted by Gasteiger charge is -2.33. The molecule has 0 bridgehead atoms. The van der Waals surface area contributed by atoms with Crippen molar-refractivity contribution < 1.29 is 9.90 Å². The lowest BCUT2D eigenvalue weighted by atomic mass is 10.0. The molecular weight excluding hydrogens is 228 g/mol. The van der Waals surface area contributed by atoms with E-state index < -0.39 is 0 Å². The summed E-state index contributed by atoms with van der Waals surface area (Å²) in [6.45, 7) is 6.47. The minimum absolute atomic E-state index is 0.218. The van der Waals surface area contributed by atoms with Gasteiger partial charge in [0, 0.05) is 25.7 Å². The van der Waals surface area contributed by atoms with Gasteiger partial charge in [-0.05, 0) is 24.1 Å². The highest BCUT2D eigenvalue weighted by atomic mass is 16.3. The molecule has 1 fully saturated rings. The number of benzene rings is 1. The summed E-state index contributed by atoms with van der Waals surface area (Å²) in [6.07, 6.45) is 1.75. The van der Waals surface area contributed by atoms with E-state index in [1.54, 1.807) is 12.1 Å². The molecule has 100 valence electrons. The largest absolute Gasteiger partial charge is 0.508 e. The Morgan fingerprint density at radius 2 is 2.06 bits per heavy atom. The van der Waals surface area contributed by atoms with E-state index in [2.05, 4.69) is 5.32 Å². The highest BCUT2D eigenvalue weighted by molar-refractivity contribution is 5.48. The molecule has 0 radical (unpaired) electrons. The van der Waals surface area contributed by atoms with Gasteiger partial charge in [0.05, 0.1) is 0 Å². The van der Waals surface area contributed by atoms with Crippen molar-refractivity contribution >= 4 is 6.41 Å². The Morgan fingerprint density at radius 3 is 2.67 bits per heavy atom. The van der Waals surface area contributed by atoms with Crippen molar-refractivity contribution in [1.82, 2.24) is 10.2 Å². The first-order chi connectivity index (χ1) is 8.79. The van der Waals surface area contributed by atoms with Crippen LogP contribution >= 0.6 is 0 Å². The van der Waals surface area contributed by atoms with Crippen LogP contribution in [0.5, 0.6) is 5.75 Å². The Hall–Kier alpha value is -1.55. The molecule has 2 N–H and O–H groups in total. The minimum Gasteiger partial charge on any atom is -0.508 e. The van der Waals surface area contributed by atoms with Crippen molar-refractivity contribution in [3.8, 4) is 5.75 Å². The van der Waals surface area contributed by atoms with Gasteiger partial charge >= 0.3 is 0 Å². The number of piperazine rings is 1. The van der Waals surface area contributed by atoms with Crippen LogP contribution in [0.1, 0.15) is 19.4 Å². The van der Waals surface area contributed by atoms with Gasteiger partial charge in [-0.1, -0.05) is 26.0 Å². The standard InChI is InChI=1S/C12H16N2O2.C2H6/c15-9-14-6-5-13-8-11(14)7-10-1-3-12(16)4-2-10;1-2/h1-4,9,11,13,16H,5-8H2;1-2H3. The number of carbonyl (C=O) groups excluding carboxylic acids is 1. The summed E-state index contributed by atoms with van der Waals surface area (Å²) in [7, 11) is 0. The molecule has 1 unspecified atom stereocenters. The number of carbonyl (C=O) groups is 1. The van der Waals surface area contributed by atoms with Crippen LogP contribution < -0.4 is 5.32 Å². The Kier molecular flexibility index (Phi) is 6.22. The number of phenols is 1. The van der Waals surface area contributed by atoms with E-state index in [-0.39, 0.29) is 11.8 Å². The van der Waals surface area contributed by atoms with Crippen molar-refractivity contribution in [1.29, 1.82) is 0 Å². The number of phenolic OH excluding ortho intramolecular Hbond substituents is 1. The zero-order valence-electron chi connectivity index (χ0n) is 11.1. The van der Waals surface area contributed by atoms with Gasteiger partial charge in [-0.3, -0.25) is 4.79 Å². The van der Waals surface area contributed by atoms with E-state index >= 15 is 0 Å². The SMILES string of the molecule is CC.O=CN1CCNCC1Cc1ccc(O)cc1. The smallest absolute Gasteiger partial charge is 0.210 e. The van der Waals surface area contributed by atoms with E-state index in [4.69, 9.17) is 0 Å². The second-order valence-corrected chi connectivity index (χ2v) is 4.07. The monoisotopic (exact) mass is 250 g/mol. The Labute approximate surface area is 109 Å². The van der Waals surface area contributed by atoms with Crippen LogP contribution in [0, 0.1) is 0 Å². The molecule has 1 atom stereocenters. The maximum absolute atomic E-state index is 10.9. The average Bonchev–Trinajstić information content (AvgIpc) is 2.44. The number of nitrogens with one attached hydrogen (secondary N) is 1. The van der Waals surface area contributed by atoms with Crippen molar-refractivity contribution in [2.45, 2.75) is 26.3 Å². The molecule has 1 aromatic rings. The molecule has 1 amide bonds. The maximum Gasteiger partial charge on any atom is 0.210 e.